The number of hydrogen-bond acceptors (Lipinski definition) is 3. The Hall–Kier alpha value is -0.480. The summed E-state index contributed by atoms with van der Waals surface area (Å²) in [4.78, 5) is 16.4. The number of amides is 1. The summed E-state index contributed by atoms with van der Waals surface area (Å²) in [5.41, 5.74) is 1.89. The van der Waals surface area contributed by atoms with E-state index in [0.717, 1.165) is 26.9 Å². The highest BCUT2D eigenvalue weighted by molar-refractivity contribution is 14.0. The first-order valence-electron chi connectivity index (χ1n) is 8.57. The zero-order chi connectivity index (χ0) is 18.2. The first-order valence-corrected chi connectivity index (χ1v) is 10.7. The molecule has 1 aromatic carbocycles. The van der Waals surface area contributed by atoms with E-state index in [1.54, 1.807) is 7.05 Å². The predicted octanol–water partition coefficient (Wildman–Crippen LogP) is 4.15. The number of rotatable bonds is 6. The van der Waals surface area contributed by atoms with E-state index in [9.17, 15) is 4.79 Å². The number of guanidine groups is 1. The molecule has 0 saturated heterocycles. The van der Waals surface area contributed by atoms with Crippen molar-refractivity contribution in [3.8, 4) is 0 Å². The summed E-state index contributed by atoms with van der Waals surface area (Å²) in [6, 6.07) is 6.34. The highest BCUT2D eigenvalue weighted by Crippen LogP contribution is 2.28. The van der Waals surface area contributed by atoms with Gasteiger partial charge in [-0.2, -0.15) is 11.8 Å². The molecular formula is C18H28BrIN4OS. The van der Waals surface area contributed by atoms with E-state index in [0.29, 0.717) is 19.0 Å². The zero-order valence-corrected chi connectivity index (χ0v) is 20.2. The van der Waals surface area contributed by atoms with Gasteiger partial charge in [0.15, 0.2) is 5.96 Å². The molecule has 0 spiro atoms. The van der Waals surface area contributed by atoms with Crippen molar-refractivity contribution in [2.75, 3.05) is 25.2 Å². The summed E-state index contributed by atoms with van der Waals surface area (Å²) in [6.07, 6.45) is 6.17. The molecule has 3 N–H and O–H groups in total. The van der Waals surface area contributed by atoms with Crippen molar-refractivity contribution in [3.63, 3.8) is 0 Å². The number of carbonyl (C=O) groups excluding carboxylic acids is 1. The lowest BCUT2D eigenvalue weighted by molar-refractivity contribution is -0.116. The monoisotopic (exact) mass is 554 g/mol. The minimum Gasteiger partial charge on any atom is -0.356 e. The number of thioether (sulfide) groups is 1. The first-order chi connectivity index (χ1) is 12.0. The lowest BCUT2D eigenvalue weighted by Gasteiger charge is -2.17. The molecule has 1 aliphatic rings. The second-order valence-electron chi connectivity index (χ2n) is 6.27. The molecule has 5 nitrogen and oxygen atoms in total. The topological polar surface area (TPSA) is 65.5 Å². The highest BCUT2D eigenvalue weighted by atomic mass is 127. The van der Waals surface area contributed by atoms with Crippen LogP contribution in [0.1, 0.15) is 31.2 Å². The van der Waals surface area contributed by atoms with Crippen molar-refractivity contribution in [3.05, 3.63) is 28.2 Å². The Bertz CT molecular complexity index is 629. The third-order valence-corrected chi connectivity index (χ3v) is 5.99. The van der Waals surface area contributed by atoms with Gasteiger partial charge in [0, 0.05) is 41.5 Å². The zero-order valence-electron chi connectivity index (χ0n) is 15.5. The number of benzene rings is 1. The lowest BCUT2D eigenvalue weighted by atomic mass is 10.2. The van der Waals surface area contributed by atoms with Gasteiger partial charge in [0.05, 0.1) is 0 Å². The average molecular weight is 555 g/mol. The fourth-order valence-corrected chi connectivity index (χ4v) is 4.07. The number of nitrogens with one attached hydrogen (secondary N) is 3. The van der Waals surface area contributed by atoms with Gasteiger partial charge in [-0.05, 0) is 50.1 Å². The van der Waals surface area contributed by atoms with Gasteiger partial charge in [-0.1, -0.05) is 22.0 Å². The van der Waals surface area contributed by atoms with E-state index in [1.165, 1.54) is 19.3 Å². The molecule has 2 rings (SSSR count). The fraction of sp³-hybridized carbons (Fsp3) is 0.556. The van der Waals surface area contributed by atoms with E-state index in [4.69, 9.17) is 0 Å². The summed E-state index contributed by atoms with van der Waals surface area (Å²) in [5, 5.41) is 10.4. The molecular weight excluding hydrogens is 527 g/mol. The number of anilines is 1. The molecule has 1 fully saturated rings. The van der Waals surface area contributed by atoms with Crippen LogP contribution in [0.15, 0.2) is 27.7 Å². The van der Waals surface area contributed by atoms with Gasteiger partial charge in [-0.3, -0.25) is 9.79 Å². The summed E-state index contributed by atoms with van der Waals surface area (Å²) >= 11 is 5.37. The third-order valence-electron chi connectivity index (χ3n) is 4.40. The quantitative estimate of drug-likeness (QED) is 0.281. The summed E-state index contributed by atoms with van der Waals surface area (Å²) < 4.78 is 0.955. The van der Waals surface area contributed by atoms with Gasteiger partial charge >= 0.3 is 0 Å². The number of carbonyl (C=O) groups is 1. The van der Waals surface area contributed by atoms with Crippen LogP contribution in [0.3, 0.4) is 0 Å². The Morgan fingerprint density at radius 1 is 1.38 bits per heavy atom. The molecule has 146 valence electrons. The van der Waals surface area contributed by atoms with E-state index >= 15 is 0 Å². The van der Waals surface area contributed by atoms with Crippen LogP contribution in [0, 0.1) is 6.92 Å². The van der Waals surface area contributed by atoms with Crippen molar-refractivity contribution in [2.24, 2.45) is 4.99 Å². The minimum absolute atomic E-state index is 0. The van der Waals surface area contributed by atoms with Crippen LogP contribution in [0.2, 0.25) is 0 Å². The van der Waals surface area contributed by atoms with Crippen molar-refractivity contribution in [1.29, 1.82) is 0 Å². The Morgan fingerprint density at radius 2 is 2.15 bits per heavy atom. The number of nitrogens with zero attached hydrogens (tertiary/aromatic N) is 1. The van der Waals surface area contributed by atoms with Crippen LogP contribution >= 0.6 is 51.7 Å². The van der Waals surface area contributed by atoms with Crippen LogP contribution in [0.25, 0.3) is 0 Å². The smallest absolute Gasteiger partial charge is 0.226 e. The Labute approximate surface area is 186 Å². The molecule has 0 aromatic heterocycles. The molecule has 2 unspecified atom stereocenters. The minimum atomic E-state index is -0.00698. The molecule has 2 atom stereocenters. The average Bonchev–Trinajstić information content (AvgIpc) is 3.05. The summed E-state index contributed by atoms with van der Waals surface area (Å²) in [6.45, 7) is 2.53. The number of aryl methyl sites for hydroxylation is 1. The molecule has 1 aromatic rings. The van der Waals surface area contributed by atoms with Crippen molar-refractivity contribution in [1.82, 2.24) is 10.6 Å². The number of aliphatic imine (C=N–C) groups is 1. The van der Waals surface area contributed by atoms with Crippen molar-refractivity contribution < 1.29 is 4.79 Å². The van der Waals surface area contributed by atoms with E-state index in [2.05, 4.69) is 43.1 Å². The standard InChI is InChI=1S/C18H27BrN4OS.HI/c1-12-4-5-13(19)10-16(12)23-17(24)8-9-21-18(20-2)22-14-6-7-15(11-14)25-3;/h4-5,10,14-15H,6-9,11H2,1-3H3,(H,23,24)(H2,20,21,22);1H. The molecule has 1 saturated carbocycles. The van der Waals surface area contributed by atoms with Crippen molar-refractivity contribution >= 4 is 69.2 Å². The van der Waals surface area contributed by atoms with E-state index in [1.807, 2.05) is 36.9 Å². The van der Waals surface area contributed by atoms with E-state index < -0.39 is 0 Å². The van der Waals surface area contributed by atoms with Crippen LogP contribution in [0.4, 0.5) is 5.69 Å². The third kappa shape index (κ3) is 7.64. The van der Waals surface area contributed by atoms with Gasteiger partial charge in [0.2, 0.25) is 5.91 Å². The number of hydrogen-bond donors (Lipinski definition) is 3. The Balaban J connectivity index is 0.00000338. The van der Waals surface area contributed by atoms with Gasteiger partial charge in [-0.15, -0.1) is 24.0 Å². The largest absolute Gasteiger partial charge is 0.356 e. The Kier molecular flexibility index (Phi) is 10.9. The molecule has 0 aliphatic heterocycles. The highest BCUT2D eigenvalue weighted by Gasteiger charge is 2.24. The van der Waals surface area contributed by atoms with Gasteiger partial charge in [-0.25, -0.2) is 0 Å². The van der Waals surface area contributed by atoms with Crippen LogP contribution in [-0.2, 0) is 4.79 Å². The van der Waals surface area contributed by atoms with Gasteiger partial charge in [0.25, 0.3) is 0 Å². The maximum Gasteiger partial charge on any atom is 0.226 e. The predicted molar refractivity (Wildman–Crippen MR) is 127 cm³/mol. The van der Waals surface area contributed by atoms with Crippen LogP contribution in [0.5, 0.6) is 0 Å². The van der Waals surface area contributed by atoms with Gasteiger partial charge < -0.3 is 16.0 Å². The SMILES string of the molecule is CN=C(NCCC(=O)Nc1cc(Br)ccc1C)NC1CCC(SC)C1.I. The summed E-state index contributed by atoms with van der Waals surface area (Å²) in [5.74, 6) is 0.769. The molecule has 1 aliphatic carbocycles. The molecule has 0 heterocycles. The number of halogens is 2. The molecule has 0 radical (unpaired) electrons. The second kappa shape index (κ2) is 12.1. The normalized spacial score (nSPS) is 19.6. The first kappa shape index (κ1) is 23.6. The molecule has 1 amide bonds. The maximum atomic E-state index is 12.1. The van der Waals surface area contributed by atoms with Crippen LogP contribution < -0.4 is 16.0 Å². The van der Waals surface area contributed by atoms with Crippen LogP contribution in [-0.4, -0.2) is 43.0 Å². The molecule has 26 heavy (non-hydrogen) atoms. The summed E-state index contributed by atoms with van der Waals surface area (Å²) in [7, 11) is 1.77. The van der Waals surface area contributed by atoms with E-state index in [-0.39, 0.29) is 29.9 Å². The molecule has 0 bridgehead atoms. The maximum absolute atomic E-state index is 12.1. The Morgan fingerprint density at radius 3 is 2.81 bits per heavy atom. The van der Waals surface area contributed by atoms with Crippen molar-refractivity contribution in [2.45, 2.75) is 43.9 Å². The molecule has 8 heteroatoms. The lowest BCUT2D eigenvalue weighted by Crippen LogP contribution is -2.43. The van der Waals surface area contributed by atoms with Gasteiger partial charge in [0.1, 0.15) is 0 Å². The second-order valence-corrected chi connectivity index (χ2v) is 8.32. The fourth-order valence-electron chi connectivity index (χ4n) is 2.91.